The molecule has 1 aromatic heterocycles. The van der Waals surface area contributed by atoms with Gasteiger partial charge in [-0.05, 0) is 75.8 Å². The van der Waals surface area contributed by atoms with Gasteiger partial charge in [0.15, 0.2) is 0 Å². The Morgan fingerprint density at radius 1 is 0.846 bits per heavy atom. The Morgan fingerprint density at radius 2 is 1.51 bits per heavy atom. The second-order valence-electron chi connectivity index (χ2n) is 11.5. The molecular weight excluding hydrogens is 484 g/mol. The molecule has 2 aliphatic heterocycles. The quantitative estimate of drug-likeness (QED) is 0.377. The summed E-state index contributed by atoms with van der Waals surface area (Å²) in [4.78, 5) is 34.3. The molecule has 2 atom stereocenters. The Labute approximate surface area is 230 Å². The predicted molar refractivity (Wildman–Crippen MR) is 156 cm³/mol. The number of nitrogens with one attached hydrogen (secondary N) is 1. The number of likely N-dealkylation sites (tertiary alicyclic amines) is 2. The average molecular weight is 523 g/mol. The van der Waals surface area contributed by atoms with E-state index in [1.54, 1.807) is 0 Å². The number of rotatable bonds is 5. The lowest BCUT2D eigenvalue weighted by atomic mass is 9.89. The highest BCUT2D eigenvalue weighted by molar-refractivity contribution is 5.95. The van der Waals surface area contributed by atoms with Crippen LogP contribution in [0.3, 0.4) is 0 Å². The summed E-state index contributed by atoms with van der Waals surface area (Å²) < 4.78 is 1.97. The molecule has 4 aromatic rings. The summed E-state index contributed by atoms with van der Waals surface area (Å²) in [5.41, 5.74) is 6.25. The topological polar surface area (TPSA) is 61.3 Å². The highest BCUT2D eigenvalue weighted by Crippen LogP contribution is 2.31. The first-order valence-corrected chi connectivity index (χ1v) is 14.3. The third-order valence-corrected chi connectivity index (χ3v) is 8.74. The maximum atomic E-state index is 13.8. The molecule has 2 fully saturated rings. The van der Waals surface area contributed by atoms with Gasteiger partial charge in [-0.2, -0.15) is 0 Å². The number of aromatic amines is 1. The number of hydrogen-bond donors (Lipinski definition) is 1. The number of H-pyrrole nitrogens is 1. The van der Waals surface area contributed by atoms with E-state index in [9.17, 15) is 9.59 Å². The summed E-state index contributed by atoms with van der Waals surface area (Å²) in [5.74, 6) is 0.151. The van der Waals surface area contributed by atoms with Gasteiger partial charge in [-0.3, -0.25) is 9.36 Å². The zero-order valence-electron chi connectivity index (χ0n) is 23.0. The number of amides is 1. The second-order valence-corrected chi connectivity index (χ2v) is 11.5. The van der Waals surface area contributed by atoms with Crippen molar-refractivity contribution in [3.8, 4) is 0 Å². The number of imidazole rings is 1. The van der Waals surface area contributed by atoms with Gasteiger partial charge in [-0.25, -0.2) is 4.79 Å². The van der Waals surface area contributed by atoms with Crippen molar-refractivity contribution in [2.45, 2.75) is 64.1 Å². The van der Waals surface area contributed by atoms with Crippen molar-refractivity contribution < 1.29 is 4.79 Å². The van der Waals surface area contributed by atoms with Crippen LogP contribution in [0.4, 0.5) is 0 Å². The van der Waals surface area contributed by atoms with Crippen molar-refractivity contribution in [3.63, 3.8) is 0 Å². The van der Waals surface area contributed by atoms with Crippen LogP contribution < -0.4 is 5.69 Å². The largest absolute Gasteiger partial charge is 0.335 e. The molecule has 0 spiro atoms. The minimum absolute atomic E-state index is 0.00391. The molecule has 6 rings (SSSR count). The van der Waals surface area contributed by atoms with Crippen LogP contribution in [0.1, 0.15) is 58.8 Å². The van der Waals surface area contributed by atoms with Gasteiger partial charge in [-0.1, -0.05) is 59.7 Å². The molecule has 0 bridgehead atoms. The number of aromatic nitrogens is 2. The fourth-order valence-corrected chi connectivity index (χ4v) is 6.92. The van der Waals surface area contributed by atoms with Gasteiger partial charge in [-0.15, -0.1) is 0 Å². The van der Waals surface area contributed by atoms with Crippen molar-refractivity contribution in [1.29, 1.82) is 0 Å². The molecule has 6 nitrogen and oxygen atoms in total. The van der Waals surface area contributed by atoms with Crippen LogP contribution in [0.2, 0.25) is 0 Å². The van der Waals surface area contributed by atoms with Crippen molar-refractivity contribution >= 4 is 16.9 Å². The van der Waals surface area contributed by atoms with E-state index in [0.29, 0.717) is 6.04 Å². The van der Waals surface area contributed by atoms with Crippen LogP contribution in [0.5, 0.6) is 0 Å². The molecule has 2 aliphatic rings. The van der Waals surface area contributed by atoms with E-state index in [1.807, 2.05) is 41.0 Å². The van der Waals surface area contributed by atoms with E-state index in [4.69, 9.17) is 0 Å². The summed E-state index contributed by atoms with van der Waals surface area (Å²) >= 11 is 0. The number of piperidine rings is 2. The van der Waals surface area contributed by atoms with Crippen LogP contribution in [-0.4, -0.2) is 57.0 Å². The van der Waals surface area contributed by atoms with Crippen molar-refractivity contribution in [1.82, 2.24) is 19.4 Å². The lowest BCUT2D eigenvalue weighted by Gasteiger charge is -2.45. The fourth-order valence-electron chi connectivity index (χ4n) is 6.92. The second kappa shape index (κ2) is 10.9. The Balaban J connectivity index is 1.18. The van der Waals surface area contributed by atoms with Gasteiger partial charge in [0.1, 0.15) is 0 Å². The monoisotopic (exact) mass is 522 g/mol. The lowest BCUT2D eigenvalue weighted by Crippen LogP contribution is -2.54. The van der Waals surface area contributed by atoms with Gasteiger partial charge in [0.25, 0.3) is 5.91 Å². The maximum Gasteiger partial charge on any atom is 0.326 e. The number of nitrogens with zero attached hydrogens (tertiary/aromatic N) is 3. The standard InChI is InChI=1S/C33H38N4O2/c1-23-18-24(2)20-26(19-23)32(38)36-17-14-28(22-29(36)21-25-8-4-3-5-9-25)35-15-12-27(13-16-35)37-31-11-7-6-10-30(31)34-33(37)39/h3-11,18-20,27-29H,12-17,21-22H2,1-2H3,(H,34,39)/t28-,29-/m1/s1. The number of carbonyl (C=O) groups excluding carboxylic acids is 1. The van der Waals surface area contributed by atoms with Crippen molar-refractivity contribution in [2.24, 2.45) is 0 Å². The van der Waals surface area contributed by atoms with Gasteiger partial charge in [0, 0.05) is 43.3 Å². The van der Waals surface area contributed by atoms with Crippen LogP contribution in [0.15, 0.2) is 77.6 Å². The average Bonchev–Trinajstić information content (AvgIpc) is 3.28. The number of hydrogen-bond acceptors (Lipinski definition) is 3. The number of aryl methyl sites for hydroxylation is 2. The molecule has 0 aliphatic carbocycles. The van der Waals surface area contributed by atoms with Gasteiger partial charge in [0.05, 0.1) is 11.0 Å². The first kappa shape index (κ1) is 25.6. The molecule has 0 radical (unpaired) electrons. The molecule has 202 valence electrons. The number of fused-ring (bicyclic) bond motifs is 1. The first-order chi connectivity index (χ1) is 19.0. The number of benzene rings is 3. The molecule has 0 unspecified atom stereocenters. The minimum atomic E-state index is -0.00391. The molecule has 1 N–H and O–H groups in total. The Bertz CT molecular complexity index is 1490. The number of para-hydroxylation sites is 2. The molecule has 3 aromatic carbocycles. The molecule has 39 heavy (non-hydrogen) atoms. The van der Waals surface area contributed by atoms with E-state index in [1.165, 1.54) is 5.56 Å². The zero-order valence-corrected chi connectivity index (χ0v) is 23.0. The van der Waals surface area contributed by atoms with E-state index in [0.717, 1.165) is 79.5 Å². The van der Waals surface area contributed by atoms with E-state index in [-0.39, 0.29) is 23.7 Å². The smallest absolute Gasteiger partial charge is 0.326 e. The summed E-state index contributed by atoms with van der Waals surface area (Å²) in [5, 5.41) is 0. The van der Waals surface area contributed by atoms with Crippen LogP contribution in [-0.2, 0) is 6.42 Å². The molecular formula is C33H38N4O2. The van der Waals surface area contributed by atoms with E-state index in [2.05, 4.69) is 65.0 Å². The Hall–Kier alpha value is -3.64. The normalized spacial score (nSPS) is 20.9. The van der Waals surface area contributed by atoms with E-state index < -0.39 is 0 Å². The molecule has 6 heteroatoms. The van der Waals surface area contributed by atoms with Gasteiger partial charge in [0.2, 0.25) is 0 Å². The van der Waals surface area contributed by atoms with Crippen LogP contribution in [0.25, 0.3) is 11.0 Å². The first-order valence-electron chi connectivity index (χ1n) is 14.3. The predicted octanol–water partition coefficient (Wildman–Crippen LogP) is 5.50. The summed E-state index contributed by atoms with van der Waals surface area (Å²) in [6.45, 7) is 6.85. The SMILES string of the molecule is Cc1cc(C)cc(C(=O)N2CC[C@@H](N3CCC(n4c(=O)[nH]c5ccccc54)CC3)C[C@H]2Cc2ccccc2)c1. The summed E-state index contributed by atoms with van der Waals surface area (Å²) in [7, 11) is 0. The zero-order chi connectivity index (χ0) is 26.9. The minimum Gasteiger partial charge on any atom is -0.335 e. The van der Waals surface area contributed by atoms with Gasteiger partial charge < -0.3 is 14.8 Å². The molecule has 2 saturated heterocycles. The third kappa shape index (κ3) is 5.30. The van der Waals surface area contributed by atoms with E-state index >= 15 is 0 Å². The summed E-state index contributed by atoms with van der Waals surface area (Å²) in [6.07, 6.45) is 4.76. The van der Waals surface area contributed by atoms with Crippen molar-refractivity contribution in [2.75, 3.05) is 19.6 Å². The Kier molecular flexibility index (Phi) is 7.13. The fraction of sp³-hybridized carbons (Fsp3) is 0.394. The highest BCUT2D eigenvalue weighted by atomic mass is 16.2. The molecule has 1 amide bonds. The lowest BCUT2D eigenvalue weighted by molar-refractivity contribution is 0.0360. The third-order valence-electron chi connectivity index (χ3n) is 8.74. The highest BCUT2D eigenvalue weighted by Gasteiger charge is 2.36. The number of carbonyl (C=O) groups is 1. The molecule has 3 heterocycles. The molecule has 0 saturated carbocycles. The van der Waals surface area contributed by atoms with Gasteiger partial charge >= 0.3 is 5.69 Å². The van der Waals surface area contributed by atoms with Crippen LogP contribution in [0, 0.1) is 13.8 Å². The van der Waals surface area contributed by atoms with Crippen LogP contribution >= 0.6 is 0 Å². The Morgan fingerprint density at radius 3 is 2.26 bits per heavy atom. The van der Waals surface area contributed by atoms with Crippen molar-refractivity contribution in [3.05, 3.63) is 106 Å². The summed E-state index contributed by atoms with van der Waals surface area (Å²) in [6, 6.07) is 25.6. The maximum absolute atomic E-state index is 13.8.